The number of carbonyl (C=O) groups is 1. The van der Waals surface area contributed by atoms with E-state index in [-0.39, 0.29) is 11.8 Å². The van der Waals surface area contributed by atoms with Crippen molar-refractivity contribution in [2.45, 2.75) is 33.1 Å². The summed E-state index contributed by atoms with van der Waals surface area (Å²) in [6.07, 6.45) is 2.96. The highest BCUT2D eigenvalue weighted by Gasteiger charge is 2.31. The summed E-state index contributed by atoms with van der Waals surface area (Å²) >= 11 is 0. The SMILES string of the molecule is Cc1cn(C)c(C2CCN(C(=O)c3cc4nc(C)cc(C)n4n3)C2)n1. The molecule has 1 unspecified atom stereocenters. The second-order valence-corrected chi connectivity index (χ2v) is 6.93. The summed E-state index contributed by atoms with van der Waals surface area (Å²) in [5.74, 6) is 1.30. The molecule has 7 heteroatoms. The van der Waals surface area contributed by atoms with Crippen molar-refractivity contribution in [3.05, 3.63) is 46.9 Å². The Kier molecular flexibility index (Phi) is 3.59. The molecule has 1 atom stereocenters. The van der Waals surface area contributed by atoms with E-state index in [1.165, 1.54) is 0 Å². The maximum Gasteiger partial charge on any atom is 0.274 e. The number of rotatable bonds is 2. The van der Waals surface area contributed by atoms with Gasteiger partial charge in [-0.3, -0.25) is 4.79 Å². The van der Waals surface area contributed by atoms with Crippen LogP contribution in [0.25, 0.3) is 5.65 Å². The van der Waals surface area contributed by atoms with Gasteiger partial charge in [-0.05, 0) is 33.3 Å². The Labute approximate surface area is 146 Å². The van der Waals surface area contributed by atoms with Crippen LogP contribution in [0.15, 0.2) is 18.3 Å². The van der Waals surface area contributed by atoms with Crippen LogP contribution < -0.4 is 0 Å². The molecule has 1 aliphatic rings. The Morgan fingerprint density at radius 1 is 1.16 bits per heavy atom. The van der Waals surface area contributed by atoms with Gasteiger partial charge in [0.2, 0.25) is 0 Å². The molecule has 1 aliphatic heterocycles. The Morgan fingerprint density at radius 2 is 1.96 bits per heavy atom. The van der Waals surface area contributed by atoms with Crippen LogP contribution in [0.3, 0.4) is 0 Å². The number of fused-ring (bicyclic) bond motifs is 1. The number of likely N-dealkylation sites (tertiary alicyclic amines) is 1. The average molecular weight is 338 g/mol. The average Bonchev–Trinajstić information content (AvgIpc) is 3.24. The lowest BCUT2D eigenvalue weighted by Crippen LogP contribution is -2.29. The number of carbonyl (C=O) groups excluding carboxylic acids is 1. The quantitative estimate of drug-likeness (QED) is 0.717. The summed E-state index contributed by atoms with van der Waals surface area (Å²) in [6.45, 7) is 7.33. The molecule has 4 rings (SSSR count). The minimum absolute atomic E-state index is 0.0315. The highest BCUT2D eigenvalue weighted by Crippen LogP contribution is 2.27. The molecule has 0 saturated carbocycles. The molecular weight excluding hydrogens is 316 g/mol. The first kappa shape index (κ1) is 15.8. The van der Waals surface area contributed by atoms with E-state index in [2.05, 4.69) is 19.6 Å². The van der Waals surface area contributed by atoms with Crippen molar-refractivity contribution in [3.8, 4) is 0 Å². The second-order valence-electron chi connectivity index (χ2n) is 6.93. The van der Waals surface area contributed by atoms with Crippen LogP contribution in [0.4, 0.5) is 0 Å². The molecule has 4 heterocycles. The molecule has 3 aromatic rings. The van der Waals surface area contributed by atoms with E-state index in [9.17, 15) is 4.79 Å². The zero-order valence-corrected chi connectivity index (χ0v) is 15.0. The molecule has 3 aromatic heterocycles. The fourth-order valence-electron chi connectivity index (χ4n) is 3.72. The molecule has 1 fully saturated rings. The maximum atomic E-state index is 12.9. The first-order chi connectivity index (χ1) is 11.9. The molecule has 0 aromatic carbocycles. The van der Waals surface area contributed by atoms with Crippen LogP contribution in [-0.4, -0.2) is 48.0 Å². The van der Waals surface area contributed by atoms with Gasteiger partial charge < -0.3 is 9.47 Å². The minimum Gasteiger partial charge on any atom is -0.337 e. The second kappa shape index (κ2) is 5.68. The van der Waals surface area contributed by atoms with Gasteiger partial charge in [0.05, 0.1) is 5.69 Å². The van der Waals surface area contributed by atoms with E-state index in [1.54, 1.807) is 10.6 Å². The molecule has 130 valence electrons. The van der Waals surface area contributed by atoms with E-state index < -0.39 is 0 Å². The lowest BCUT2D eigenvalue weighted by atomic mass is 10.1. The van der Waals surface area contributed by atoms with Gasteiger partial charge >= 0.3 is 0 Å². The number of nitrogens with zero attached hydrogens (tertiary/aromatic N) is 6. The predicted octanol–water partition coefficient (Wildman–Crippen LogP) is 2.02. The molecule has 1 amide bonds. The summed E-state index contributed by atoms with van der Waals surface area (Å²) in [6, 6.07) is 3.74. The van der Waals surface area contributed by atoms with Crippen molar-refractivity contribution in [2.24, 2.45) is 7.05 Å². The Hall–Kier alpha value is -2.70. The number of aromatic nitrogens is 5. The van der Waals surface area contributed by atoms with Crippen LogP contribution in [0.1, 0.15) is 45.7 Å². The van der Waals surface area contributed by atoms with Gasteiger partial charge in [0.25, 0.3) is 5.91 Å². The summed E-state index contributed by atoms with van der Waals surface area (Å²) in [7, 11) is 2.01. The first-order valence-electron chi connectivity index (χ1n) is 8.55. The van der Waals surface area contributed by atoms with E-state index in [0.29, 0.717) is 12.2 Å². The molecule has 0 bridgehead atoms. The first-order valence-corrected chi connectivity index (χ1v) is 8.55. The normalized spacial score (nSPS) is 17.6. The predicted molar refractivity (Wildman–Crippen MR) is 93.7 cm³/mol. The van der Waals surface area contributed by atoms with Crippen molar-refractivity contribution in [2.75, 3.05) is 13.1 Å². The third-order valence-electron chi connectivity index (χ3n) is 4.83. The smallest absolute Gasteiger partial charge is 0.274 e. The standard InChI is InChI=1S/C18H22N6O/c1-11-7-13(3)24-16(19-11)8-15(21-24)18(25)23-6-5-14(10-23)17-20-12(2)9-22(17)4/h7-9,14H,5-6,10H2,1-4H3. The molecule has 0 spiro atoms. The van der Waals surface area contributed by atoms with Gasteiger partial charge in [-0.25, -0.2) is 14.5 Å². The number of hydrogen-bond donors (Lipinski definition) is 0. The lowest BCUT2D eigenvalue weighted by molar-refractivity contribution is 0.0784. The fourth-order valence-corrected chi connectivity index (χ4v) is 3.72. The van der Waals surface area contributed by atoms with Gasteiger partial charge in [0.1, 0.15) is 5.82 Å². The van der Waals surface area contributed by atoms with Crippen LogP contribution in [0.2, 0.25) is 0 Å². The molecule has 0 N–H and O–H groups in total. The van der Waals surface area contributed by atoms with Crippen LogP contribution in [0, 0.1) is 20.8 Å². The number of amides is 1. The molecule has 1 saturated heterocycles. The van der Waals surface area contributed by atoms with E-state index in [4.69, 9.17) is 0 Å². The maximum absolute atomic E-state index is 12.9. The highest BCUT2D eigenvalue weighted by atomic mass is 16.2. The Morgan fingerprint density at radius 3 is 2.68 bits per heavy atom. The zero-order chi connectivity index (χ0) is 17.7. The van der Waals surface area contributed by atoms with Crippen molar-refractivity contribution >= 4 is 11.6 Å². The van der Waals surface area contributed by atoms with Crippen molar-refractivity contribution < 1.29 is 4.79 Å². The van der Waals surface area contributed by atoms with E-state index in [0.717, 1.165) is 41.5 Å². The zero-order valence-electron chi connectivity index (χ0n) is 15.0. The molecule has 0 radical (unpaired) electrons. The van der Waals surface area contributed by atoms with Crippen LogP contribution in [-0.2, 0) is 7.05 Å². The van der Waals surface area contributed by atoms with Crippen molar-refractivity contribution in [1.29, 1.82) is 0 Å². The van der Waals surface area contributed by atoms with Crippen LogP contribution in [0.5, 0.6) is 0 Å². The number of imidazole rings is 1. The van der Waals surface area contributed by atoms with Crippen molar-refractivity contribution in [3.63, 3.8) is 0 Å². The third kappa shape index (κ3) is 2.69. The third-order valence-corrected chi connectivity index (χ3v) is 4.83. The number of hydrogen-bond acceptors (Lipinski definition) is 4. The Balaban J connectivity index is 1.58. The highest BCUT2D eigenvalue weighted by molar-refractivity contribution is 5.93. The minimum atomic E-state index is -0.0315. The van der Waals surface area contributed by atoms with Gasteiger partial charge in [-0.2, -0.15) is 5.10 Å². The monoisotopic (exact) mass is 338 g/mol. The summed E-state index contributed by atoms with van der Waals surface area (Å²) in [4.78, 5) is 23.8. The summed E-state index contributed by atoms with van der Waals surface area (Å²) in [5, 5.41) is 4.46. The largest absolute Gasteiger partial charge is 0.337 e. The van der Waals surface area contributed by atoms with Gasteiger partial charge in [0, 0.05) is 49.7 Å². The summed E-state index contributed by atoms with van der Waals surface area (Å²) < 4.78 is 3.80. The summed E-state index contributed by atoms with van der Waals surface area (Å²) in [5.41, 5.74) is 4.09. The van der Waals surface area contributed by atoms with Crippen LogP contribution >= 0.6 is 0 Å². The lowest BCUT2D eigenvalue weighted by Gasteiger charge is -2.15. The molecule has 7 nitrogen and oxygen atoms in total. The Bertz CT molecular complexity index is 970. The van der Waals surface area contributed by atoms with E-state index in [1.807, 2.05) is 45.0 Å². The van der Waals surface area contributed by atoms with Gasteiger partial charge in [-0.15, -0.1) is 0 Å². The number of aryl methyl sites for hydroxylation is 4. The fraction of sp³-hybridized carbons (Fsp3) is 0.444. The van der Waals surface area contributed by atoms with Gasteiger partial charge in [0.15, 0.2) is 11.3 Å². The molecule has 25 heavy (non-hydrogen) atoms. The topological polar surface area (TPSA) is 68.3 Å². The van der Waals surface area contributed by atoms with E-state index >= 15 is 0 Å². The van der Waals surface area contributed by atoms with Crippen molar-refractivity contribution in [1.82, 2.24) is 29.0 Å². The molecule has 0 aliphatic carbocycles. The molecular formula is C18H22N6O. The van der Waals surface area contributed by atoms with Gasteiger partial charge in [-0.1, -0.05) is 0 Å².